The summed E-state index contributed by atoms with van der Waals surface area (Å²) in [5.41, 5.74) is -6.04. The lowest BCUT2D eigenvalue weighted by molar-refractivity contribution is -0.0500. The Morgan fingerprint density at radius 1 is 0.882 bits per heavy atom. The lowest BCUT2D eigenvalue weighted by Gasteiger charge is -2.23. The van der Waals surface area contributed by atoms with Crippen LogP contribution in [0.4, 0.5) is 13.2 Å². The van der Waals surface area contributed by atoms with Gasteiger partial charge in [-0.3, -0.25) is 9.59 Å². The molecule has 0 saturated heterocycles. The van der Waals surface area contributed by atoms with Crippen LogP contribution in [0.2, 0.25) is 5.02 Å². The van der Waals surface area contributed by atoms with Crippen molar-refractivity contribution in [1.82, 2.24) is 0 Å². The number of ether oxygens (including phenoxy) is 1. The molecule has 0 aromatic heterocycles. The summed E-state index contributed by atoms with van der Waals surface area (Å²) in [5, 5.41) is -0.573. The molecule has 34 heavy (non-hydrogen) atoms. The van der Waals surface area contributed by atoms with E-state index in [1.165, 1.54) is 42.5 Å². The van der Waals surface area contributed by atoms with Crippen molar-refractivity contribution in [3.63, 3.8) is 0 Å². The van der Waals surface area contributed by atoms with Crippen molar-refractivity contribution in [2.75, 3.05) is 6.61 Å². The van der Waals surface area contributed by atoms with E-state index in [1.54, 1.807) is 13.0 Å². The van der Waals surface area contributed by atoms with E-state index < -0.39 is 38.0 Å². The topological polar surface area (TPSA) is 86.7 Å². The molecule has 0 saturated carbocycles. The Hall–Kier alpha value is -3.37. The number of hydrogen-bond donors (Lipinski definition) is 0. The molecule has 176 valence electrons. The Labute approximate surface area is 197 Å². The van der Waals surface area contributed by atoms with Crippen LogP contribution in [0.25, 0.3) is 11.1 Å². The molecule has 0 radical (unpaired) electrons. The van der Waals surface area contributed by atoms with Crippen molar-refractivity contribution in [2.45, 2.75) is 12.4 Å². The van der Waals surface area contributed by atoms with E-state index >= 15 is 0 Å². The van der Waals surface area contributed by atoms with Crippen LogP contribution in [-0.2, 0) is 10.1 Å². The van der Waals surface area contributed by atoms with Gasteiger partial charge in [-0.2, -0.15) is 21.6 Å². The number of alkyl halides is 3. The lowest BCUT2D eigenvalue weighted by atomic mass is 9.80. The first-order chi connectivity index (χ1) is 16.0. The number of ketones is 2. The molecule has 3 aromatic carbocycles. The van der Waals surface area contributed by atoms with E-state index in [0.717, 1.165) is 6.07 Å². The highest BCUT2D eigenvalue weighted by molar-refractivity contribution is 7.88. The van der Waals surface area contributed by atoms with Crippen LogP contribution >= 0.6 is 11.6 Å². The smallest absolute Gasteiger partial charge is 0.494 e. The van der Waals surface area contributed by atoms with Gasteiger partial charge in [0.2, 0.25) is 0 Å². The Balaban J connectivity index is 2.00. The second-order valence-corrected chi connectivity index (χ2v) is 9.05. The molecule has 0 unspecified atom stereocenters. The van der Waals surface area contributed by atoms with Gasteiger partial charge in [0.1, 0.15) is 5.75 Å². The molecule has 6 nitrogen and oxygen atoms in total. The van der Waals surface area contributed by atoms with Crippen LogP contribution in [0.3, 0.4) is 0 Å². The number of halogens is 4. The fourth-order valence-corrected chi connectivity index (χ4v) is 4.39. The third-order valence-electron chi connectivity index (χ3n) is 5.06. The predicted molar refractivity (Wildman–Crippen MR) is 117 cm³/mol. The van der Waals surface area contributed by atoms with E-state index in [4.69, 9.17) is 16.3 Å². The van der Waals surface area contributed by atoms with Crippen LogP contribution < -0.4 is 8.92 Å². The quantitative estimate of drug-likeness (QED) is 0.263. The minimum absolute atomic E-state index is 0.0181. The molecule has 0 heterocycles. The van der Waals surface area contributed by atoms with Crippen LogP contribution in [0.1, 0.15) is 38.8 Å². The van der Waals surface area contributed by atoms with E-state index in [1.807, 2.05) is 0 Å². The summed E-state index contributed by atoms with van der Waals surface area (Å²) in [6.07, 6.45) is 0. The highest BCUT2D eigenvalue weighted by atomic mass is 35.5. The molecule has 11 heteroatoms. The molecule has 0 spiro atoms. The summed E-state index contributed by atoms with van der Waals surface area (Å²) in [4.78, 5) is 26.5. The van der Waals surface area contributed by atoms with Gasteiger partial charge in [0.25, 0.3) is 0 Å². The third kappa shape index (κ3) is 3.92. The summed E-state index contributed by atoms with van der Waals surface area (Å²) in [6, 6.07) is 12.7. The van der Waals surface area contributed by atoms with Crippen molar-refractivity contribution >= 4 is 33.3 Å². The molecule has 0 N–H and O–H groups in total. The molecule has 0 atom stereocenters. The minimum atomic E-state index is -6.11. The van der Waals surface area contributed by atoms with Crippen LogP contribution in [0.15, 0.2) is 54.6 Å². The van der Waals surface area contributed by atoms with E-state index in [2.05, 4.69) is 4.18 Å². The molecule has 0 amide bonds. The van der Waals surface area contributed by atoms with Gasteiger partial charge in [-0.1, -0.05) is 48.0 Å². The van der Waals surface area contributed by atoms with Crippen LogP contribution in [0.5, 0.6) is 11.5 Å². The largest absolute Gasteiger partial charge is 0.534 e. The zero-order valence-electron chi connectivity index (χ0n) is 17.3. The SMILES string of the molecule is CCOc1ccc(-c2c(Cl)c(OS(=O)(=O)C(F)(F)F)cc3c2C(=O)c2ccccc2C3=O)cc1. The first-order valence-corrected chi connectivity index (χ1v) is 11.5. The average molecular weight is 511 g/mol. The molecular formula is C23H14ClF3O6S. The van der Waals surface area contributed by atoms with Crippen molar-refractivity contribution in [3.8, 4) is 22.6 Å². The summed E-state index contributed by atoms with van der Waals surface area (Å²) in [7, 11) is -6.11. The Kier molecular flexibility index (Phi) is 5.91. The normalized spacial score (nSPS) is 13.3. The maximum absolute atomic E-state index is 13.4. The van der Waals surface area contributed by atoms with Gasteiger partial charge in [0.05, 0.1) is 11.6 Å². The molecule has 1 aliphatic carbocycles. The van der Waals surface area contributed by atoms with Crippen molar-refractivity contribution in [2.24, 2.45) is 0 Å². The van der Waals surface area contributed by atoms with E-state index in [0.29, 0.717) is 12.4 Å². The van der Waals surface area contributed by atoms with Crippen LogP contribution in [0, 0.1) is 0 Å². The Bertz CT molecular complexity index is 1430. The maximum atomic E-state index is 13.4. The van der Waals surface area contributed by atoms with Gasteiger partial charge in [0, 0.05) is 27.8 Å². The van der Waals surface area contributed by atoms with Crippen LogP contribution in [-0.4, -0.2) is 32.1 Å². The molecular weight excluding hydrogens is 497 g/mol. The number of benzene rings is 3. The van der Waals surface area contributed by atoms with Crippen molar-refractivity contribution in [3.05, 3.63) is 81.9 Å². The van der Waals surface area contributed by atoms with Gasteiger partial charge in [0.15, 0.2) is 17.3 Å². The highest BCUT2D eigenvalue weighted by Gasteiger charge is 2.49. The number of carbonyl (C=O) groups excluding carboxylic acids is 2. The maximum Gasteiger partial charge on any atom is 0.534 e. The fraction of sp³-hybridized carbons (Fsp3) is 0.130. The molecule has 0 fully saturated rings. The monoisotopic (exact) mass is 510 g/mol. The molecule has 0 aliphatic heterocycles. The van der Waals surface area contributed by atoms with E-state index in [9.17, 15) is 31.2 Å². The van der Waals surface area contributed by atoms with Gasteiger partial charge >= 0.3 is 15.6 Å². The molecule has 0 bridgehead atoms. The van der Waals surface area contributed by atoms with Gasteiger partial charge in [-0.25, -0.2) is 0 Å². The third-order valence-corrected chi connectivity index (χ3v) is 6.40. The fourth-order valence-electron chi connectivity index (χ4n) is 3.59. The Morgan fingerprint density at radius 3 is 2.03 bits per heavy atom. The second kappa shape index (κ2) is 8.44. The standard InChI is InChI=1S/C23H14ClF3O6S/c1-2-32-13-9-7-12(8-10-13)18-19-16(21(28)14-5-3-4-6-15(14)22(19)29)11-17(20(18)24)33-34(30,31)23(25,26)27/h3-11H,2H2,1H3. The van der Waals surface area contributed by atoms with E-state index in [-0.39, 0.29) is 33.4 Å². The van der Waals surface area contributed by atoms with Crippen molar-refractivity contribution in [1.29, 1.82) is 0 Å². The predicted octanol–water partition coefficient (Wildman–Crippen LogP) is 5.41. The van der Waals surface area contributed by atoms with Gasteiger partial charge in [-0.15, -0.1) is 0 Å². The number of fused-ring (bicyclic) bond motifs is 2. The average Bonchev–Trinajstić information content (AvgIpc) is 2.78. The first kappa shape index (κ1) is 23.8. The minimum Gasteiger partial charge on any atom is -0.494 e. The first-order valence-electron chi connectivity index (χ1n) is 9.75. The lowest BCUT2D eigenvalue weighted by Crippen LogP contribution is -2.29. The summed E-state index contributed by atoms with van der Waals surface area (Å²) in [6.45, 7) is 2.14. The zero-order chi connectivity index (χ0) is 24.8. The molecule has 4 rings (SSSR count). The number of hydrogen-bond acceptors (Lipinski definition) is 6. The number of carbonyl (C=O) groups is 2. The van der Waals surface area contributed by atoms with Crippen molar-refractivity contribution < 1.29 is 40.1 Å². The summed E-state index contributed by atoms with van der Waals surface area (Å²) >= 11 is 6.33. The summed E-state index contributed by atoms with van der Waals surface area (Å²) < 4.78 is 71.9. The Morgan fingerprint density at radius 2 is 1.47 bits per heavy atom. The zero-order valence-corrected chi connectivity index (χ0v) is 18.8. The van der Waals surface area contributed by atoms with Gasteiger partial charge in [-0.05, 0) is 30.7 Å². The molecule has 3 aromatic rings. The number of rotatable bonds is 5. The second-order valence-electron chi connectivity index (χ2n) is 7.13. The van der Waals surface area contributed by atoms with Gasteiger partial charge < -0.3 is 8.92 Å². The molecule has 1 aliphatic rings. The highest BCUT2D eigenvalue weighted by Crippen LogP contribution is 2.45. The summed E-state index contributed by atoms with van der Waals surface area (Å²) in [5.74, 6) is -1.75.